The Morgan fingerprint density at radius 1 is 0.247 bits per heavy atom. The van der Waals surface area contributed by atoms with Crippen molar-refractivity contribution >= 4 is 11.8 Å². The highest BCUT2D eigenvalue weighted by atomic mass is 32.2. The van der Waals surface area contributed by atoms with Gasteiger partial charge in [-0.3, -0.25) is 0 Å². The minimum absolute atomic E-state index is 0.172. The largest absolute Gasteiger partial charge is 0.379 e. The Hall–Kier alpha value is -2.97. The smallest absolute Gasteiger partial charge is 0.359 e. The predicted octanol–water partition coefficient (Wildman–Crippen LogP) is 13.5. The van der Waals surface area contributed by atoms with Gasteiger partial charge in [0.15, 0.2) is 0 Å². The number of rotatable bonds is 0. The van der Waals surface area contributed by atoms with E-state index in [-0.39, 0.29) is 24.6 Å². The molecule has 0 spiro atoms. The van der Waals surface area contributed by atoms with Crippen molar-refractivity contribution in [1.82, 2.24) is 0 Å². The number of thioether (sulfide) groups is 1. The quantitative estimate of drug-likeness (QED) is 0.177. The summed E-state index contributed by atoms with van der Waals surface area (Å²) < 4.78 is 437. The lowest BCUT2D eigenvalue weighted by Crippen LogP contribution is -2.68. The maximum Gasteiger partial charge on any atom is 0.379 e. The van der Waals surface area contributed by atoms with Crippen LogP contribution in [0.4, 0.5) is 140 Å². The highest BCUT2D eigenvalue weighted by molar-refractivity contribution is 8.01. The van der Waals surface area contributed by atoms with E-state index < -0.39 is 169 Å². The third-order valence-corrected chi connectivity index (χ3v) is 18.0. The van der Waals surface area contributed by atoms with Gasteiger partial charge in [-0.2, -0.15) is 105 Å². The number of halogens is 32. The first-order chi connectivity index (χ1) is 32.3. The van der Waals surface area contributed by atoms with E-state index >= 15 is 0 Å². The zero-order valence-electron chi connectivity index (χ0n) is 34.3. The first-order valence-electron chi connectivity index (χ1n) is 20.4. The molecular formula is C39H22F32OS. The Balaban J connectivity index is 0.000000120. The monoisotopic (exact) mass is 1150 g/mol. The van der Waals surface area contributed by atoms with Crippen LogP contribution >= 0.6 is 11.8 Å². The van der Waals surface area contributed by atoms with Crippen molar-refractivity contribution in [3.8, 4) is 0 Å². The molecule has 0 radical (unpaired) electrons. The summed E-state index contributed by atoms with van der Waals surface area (Å²) in [5, 5.41) is -4.08. The average molecular weight is 1150 g/mol. The normalized spacial score (nSPS) is 53.4. The van der Waals surface area contributed by atoms with Crippen molar-refractivity contribution < 1.29 is 145 Å². The molecule has 4 aliphatic heterocycles. The highest BCUT2D eigenvalue weighted by Gasteiger charge is 3.07. The highest BCUT2D eigenvalue weighted by Crippen LogP contribution is 2.81. The van der Waals surface area contributed by atoms with Crippen LogP contribution in [0.3, 0.4) is 0 Å². The third kappa shape index (κ3) is 4.52. The van der Waals surface area contributed by atoms with E-state index in [0.29, 0.717) is 12.2 Å². The van der Waals surface area contributed by atoms with Gasteiger partial charge in [-0.25, -0.2) is 35.1 Å². The van der Waals surface area contributed by atoms with Gasteiger partial charge < -0.3 is 4.74 Å². The molecule has 0 aromatic heterocycles. The second-order valence-electron chi connectivity index (χ2n) is 19.3. The Labute approximate surface area is 387 Å². The van der Waals surface area contributed by atoms with E-state index in [1.54, 1.807) is 0 Å². The molecular weight excluding hydrogens is 1120 g/mol. The fourth-order valence-corrected chi connectivity index (χ4v) is 14.3. The molecule has 0 aromatic carbocycles. The van der Waals surface area contributed by atoms with Crippen LogP contribution in [0.2, 0.25) is 0 Å². The predicted molar refractivity (Wildman–Crippen MR) is 178 cm³/mol. The molecule has 13 aliphatic rings. The van der Waals surface area contributed by atoms with Gasteiger partial charge in [0.25, 0.3) is 11.3 Å². The molecule has 0 amide bonds. The topological polar surface area (TPSA) is 9.23 Å². The minimum Gasteiger partial charge on any atom is -0.359 e. The van der Waals surface area contributed by atoms with E-state index in [1.807, 2.05) is 0 Å². The maximum absolute atomic E-state index is 14.5. The van der Waals surface area contributed by atoms with E-state index in [1.165, 1.54) is 0 Å². The molecule has 4 heterocycles. The van der Waals surface area contributed by atoms with Crippen molar-refractivity contribution in [3.05, 3.63) is 48.6 Å². The summed E-state index contributed by atoms with van der Waals surface area (Å²) in [5.74, 6) is -78.5. The van der Waals surface area contributed by atoms with Crippen LogP contribution in [0.5, 0.6) is 0 Å². The molecule has 34 heteroatoms. The van der Waals surface area contributed by atoms with Crippen LogP contribution in [0.1, 0.15) is 19.3 Å². The van der Waals surface area contributed by atoms with Crippen LogP contribution < -0.4 is 0 Å². The molecule has 2 saturated heterocycles. The summed E-state index contributed by atoms with van der Waals surface area (Å²) in [4.78, 5) is 0. The van der Waals surface area contributed by atoms with Crippen LogP contribution in [0.25, 0.3) is 0 Å². The minimum atomic E-state index is -6.13. The Morgan fingerprint density at radius 2 is 0.466 bits per heavy atom. The van der Waals surface area contributed by atoms with Crippen molar-refractivity contribution in [2.45, 2.75) is 158 Å². The molecule has 8 fully saturated rings. The Kier molecular flexibility index (Phi) is 10.1. The third-order valence-electron chi connectivity index (χ3n) is 16.5. The molecule has 16 atom stereocenters. The van der Waals surface area contributed by atoms with Crippen LogP contribution in [-0.4, -0.2) is 139 Å². The average Bonchev–Trinajstić information content (AvgIpc) is 4.17. The molecule has 16 unspecified atom stereocenters. The molecule has 73 heavy (non-hydrogen) atoms. The fraction of sp³-hybridized carbons (Fsp3) is 0.795. The van der Waals surface area contributed by atoms with E-state index in [9.17, 15) is 140 Å². The van der Waals surface area contributed by atoms with E-state index in [4.69, 9.17) is 0 Å². The summed E-state index contributed by atoms with van der Waals surface area (Å²) >= 11 is 0.172. The van der Waals surface area contributed by atoms with Gasteiger partial charge in [0, 0.05) is 23.7 Å². The summed E-state index contributed by atoms with van der Waals surface area (Å²) in [5.41, 5.74) is -37.1. The van der Waals surface area contributed by atoms with Crippen LogP contribution in [0.15, 0.2) is 48.6 Å². The zero-order chi connectivity index (χ0) is 55.8. The second kappa shape index (κ2) is 13.5. The summed E-state index contributed by atoms with van der Waals surface area (Å²) in [6.07, 6.45) is -0.552. The lowest BCUT2D eigenvalue weighted by molar-refractivity contribution is -0.303. The fourth-order valence-electron chi connectivity index (χ4n) is 12.6. The van der Waals surface area contributed by atoms with Gasteiger partial charge in [0.2, 0.25) is 34.0 Å². The van der Waals surface area contributed by atoms with E-state index in [0.717, 1.165) is 36.5 Å². The Morgan fingerprint density at radius 3 is 0.726 bits per heavy atom. The summed E-state index contributed by atoms with van der Waals surface area (Å²) in [7, 11) is 0. The van der Waals surface area contributed by atoms with Crippen molar-refractivity contribution in [3.63, 3.8) is 0 Å². The molecule has 8 bridgehead atoms. The number of hydrogen-bond acceptors (Lipinski definition) is 2. The van der Waals surface area contributed by atoms with Gasteiger partial charge in [0.1, 0.15) is 12.2 Å². The molecule has 13 rings (SSSR count). The molecule has 9 aliphatic carbocycles. The SMILES string of the molecule is FC1(F)C(F)(F)C2(F)C3C=CC(C3)C2(F)C1(F)F.FC1(F)C(F)(F)C2(F)C3C=CC(CC3)C2(F)C1(F)F.FC1(F)C(F)(F)C2(F)C3C=CC(O3)C2(F)C1(F)F.FC1(F)C(F)(F)C2(F)C3C=CC(S3)C2(F)C1(F)F. The molecule has 0 aromatic rings. The number of ether oxygens (including phenoxy) is 1. The van der Waals surface area contributed by atoms with Gasteiger partial charge in [-0.1, -0.05) is 48.6 Å². The molecule has 6 saturated carbocycles. The standard InChI is InChI=1S/C11H8F8.C10H6F8.C9H4F8O.C9H4F8S/c12-7-5-1-2-6(4-3-5)8(7,13)10(16,17)11(18,19)9(7,14)15;11-6-4-1-2-5(3-4)7(6,12)9(15,16)10(17,18)8(6,13)14;2*10-5-3-1-2-4(18-3)6(5,11)8(14,15)9(16,17)7(5,12)13/h1-2,5-6H,3-4H2;1-2,4-5H,3H2;2*1-4H. The van der Waals surface area contributed by atoms with E-state index in [2.05, 4.69) is 4.74 Å². The zero-order valence-corrected chi connectivity index (χ0v) is 35.1. The lowest BCUT2D eigenvalue weighted by atomic mass is 9.58. The lowest BCUT2D eigenvalue weighted by Gasteiger charge is -2.51. The van der Waals surface area contributed by atoms with Crippen molar-refractivity contribution in [1.29, 1.82) is 0 Å². The van der Waals surface area contributed by atoms with Crippen LogP contribution in [0, 0.1) is 23.7 Å². The van der Waals surface area contributed by atoms with Crippen molar-refractivity contribution in [2.24, 2.45) is 23.7 Å². The molecule has 0 N–H and O–H groups in total. The first kappa shape index (κ1) is 54.8. The molecule has 1 nitrogen and oxygen atoms in total. The number of allylic oxidation sites excluding steroid dienone is 4. The summed E-state index contributed by atoms with van der Waals surface area (Å²) in [6, 6.07) is 0. The maximum atomic E-state index is 14.5. The van der Waals surface area contributed by atoms with Crippen molar-refractivity contribution in [2.75, 3.05) is 0 Å². The first-order valence-corrected chi connectivity index (χ1v) is 21.4. The van der Waals surface area contributed by atoms with Gasteiger partial charge in [0.05, 0.1) is 10.5 Å². The van der Waals surface area contributed by atoms with Gasteiger partial charge >= 0.3 is 71.1 Å². The number of fused-ring (bicyclic) bond motifs is 16. The summed E-state index contributed by atoms with van der Waals surface area (Å²) in [6.45, 7) is 0. The molecule has 414 valence electrons. The van der Waals surface area contributed by atoms with Crippen LogP contribution in [-0.2, 0) is 4.74 Å². The Bertz CT molecular complexity index is 2170. The number of hydrogen-bond donors (Lipinski definition) is 0. The van der Waals surface area contributed by atoms with Gasteiger partial charge in [-0.05, 0) is 19.3 Å². The second-order valence-corrected chi connectivity index (χ2v) is 20.6. The number of alkyl halides is 32. The van der Waals surface area contributed by atoms with Gasteiger partial charge in [-0.15, -0.1) is 11.8 Å².